The van der Waals surface area contributed by atoms with Gasteiger partial charge in [0.1, 0.15) is 5.75 Å². The number of alkyl halides is 3. The number of pyridine rings is 1. The molecule has 0 aliphatic rings. The van der Waals surface area contributed by atoms with Crippen LogP contribution in [0.25, 0.3) is 0 Å². The Bertz CT molecular complexity index is 613. The minimum atomic E-state index is -4.74. The smallest absolute Gasteiger partial charge is 0.406 e. The highest BCUT2D eigenvalue weighted by Crippen LogP contribution is 2.22. The van der Waals surface area contributed by atoms with Gasteiger partial charge in [-0.25, -0.2) is 0 Å². The van der Waals surface area contributed by atoms with Gasteiger partial charge in [-0.05, 0) is 42.3 Å². The van der Waals surface area contributed by atoms with Crippen molar-refractivity contribution in [3.05, 3.63) is 59.9 Å². The second-order valence-corrected chi connectivity index (χ2v) is 4.44. The van der Waals surface area contributed by atoms with Crippen molar-refractivity contribution in [1.29, 1.82) is 0 Å². The molecule has 0 aliphatic carbocycles. The first-order valence-electron chi connectivity index (χ1n) is 6.47. The minimum Gasteiger partial charge on any atom is -0.406 e. The molecule has 0 atom stereocenters. The second kappa shape index (κ2) is 6.93. The zero-order chi connectivity index (χ0) is 16.0. The molecule has 116 valence electrons. The highest BCUT2D eigenvalue weighted by molar-refractivity contribution is 5.94. The van der Waals surface area contributed by atoms with E-state index < -0.39 is 6.36 Å². The Morgan fingerprint density at radius 3 is 2.50 bits per heavy atom. The number of benzene rings is 1. The van der Waals surface area contributed by atoms with Gasteiger partial charge >= 0.3 is 6.36 Å². The van der Waals surface area contributed by atoms with Crippen molar-refractivity contribution < 1.29 is 22.7 Å². The molecule has 0 bridgehead atoms. The average Bonchev–Trinajstić information content (AvgIpc) is 2.47. The molecule has 4 nitrogen and oxygen atoms in total. The van der Waals surface area contributed by atoms with E-state index in [0.29, 0.717) is 13.0 Å². The topological polar surface area (TPSA) is 51.2 Å². The van der Waals surface area contributed by atoms with Crippen molar-refractivity contribution in [2.24, 2.45) is 0 Å². The molecule has 0 aliphatic heterocycles. The summed E-state index contributed by atoms with van der Waals surface area (Å²) in [5.41, 5.74) is 1.25. The molecule has 1 N–H and O–H groups in total. The van der Waals surface area contributed by atoms with Gasteiger partial charge in [-0.2, -0.15) is 0 Å². The van der Waals surface area contributed by atoms with E-state index in [2.05, 4.69) is 15.0 Å². The summed E-state index contributed by atoms with van der Waals surface area (Å²) in [6.07, 6.45) is -0.760. The number of amides is 1. The number of carbonyl (C=O) groups is 1. The van der Waals surface area contributed by atoms with Crippen LogP contribution in [0.2, 0.25) is 0 Å². The van der Waals surface area contributed by atoms with Crippen LogP contribution in [0.5, 0.6) is 5.75 Å². The van der Waals surface area contributed by atoms with Crippen LogP contribution in [0.15, 0.2) is 48.8 Å². The summed E-state index contributed by atoms with van der Waals surface area (Å²) in [6, 6.07) is 8.45. The third-order valence-electron chi connectivity index (χ3n) is 2.77. The minimum absolute atomic E-state index is 0.265. The third kappa shape index (κ3) is 5.08. The molecule has 0 fully saturated rings. The Morgan fingerprint density at radius 2 is 1.91 bits per heavy atom. The molecule has 7 heteroatoms. The van der Waals surface area contributed by atoms with E-state index in [9.17, 15) is 18.0 Å². The van der Waals surface area contributed by atoms with Crippen molar-refractivity contribution >= 4 is 5.91 Å². The summed E-state index contributed by atoms with van der Waals surface area (Å²) < 4.78 is 39.8. The van der Waals surface area contributed by atoms with Crippen LogP contribution in [0.1, 0.15) is 15.9 Å². The van der Waals surface area contributed by atoms with Crippen LogP contribution in [0.3, 0.4) is 0 Å². The summed E-state index contributed by atoms with van der Waals surface area (Å²) in [4.78, 5) is 15.8. The lowest BCUT2D eigenvalue weighted by molar-refractivity contribution is -0.274. The Kier molecular flexibility index (Phi) is 4.98. The van der Waals surface area contributed by atoms with Gasteiger partial charge in [-0.1, -0.05) is 6.07 Å². The second-order valence-electron chi connectivity index (χ2n) is 4.44. The molecule has 1 aromatic heterocycles. The summed E-state index contributed by atoms with van der Waals surface area (Å²) >= 11 is 0. The van der Waals surface area contributed by atoms with E-state index in [-0.39, 0.29) is 17.2 Å². The fourth-order valence-corrected chi connectivity index (χ4v) is 1.78. The van der Waals surface area contributed by atoms with Crippen LogP contribution in [0.4, 0.5) is 13.2 Å². The number of aromatic nitrogens is 1. The van der Waals surface area contributed by atoms with Gasteiger partial charge in [-0.3, -0.25) is 9.78 Å². The predicted octanol–water partition coefficient (Wildman–Crippen LogP) is 2.95. The highest BCUT2D eigenvalue weighted by atomic mass is 19.4. The van der Waals surface area contributed by atoms with Crippen molar-refractivity contribution in [3.8, 4) is 5.75 Å². The maximum atomic E-state index is 12.0. The Balaban J connectivity index is 1.85. The van der Waals surface area contributed by atoms with E-state index in [4.69, 9.17) is 0 Å². The van der Waals surface area contributed by atoms with E-state index in [0.717, 1.165) is 17.7 Å². The lowest BCUT2D eigenvalue weighted by atomic mass is 10.2. The van der Waals surface area contributed by atoms with Gasteiger partial charge < -0.3 is 10.1 Å². The first-order chi connectivity index (χ1) is 10.4. The summed E-state index contributed by atoms with van der Waals surface area (Å²) in [7, 11) is 0. The van der Waals surface area contributed by atoms with E-state index in [1.54, 1.807) is 18.5 Å². The molecular formula is C15H13F3N2O2. The number of hydrogen-bond donors (Lipinski definition) is 1. The van der Waals surface area contributed by atoms with Crippen molar-refractivity contribution in [2.75, 3.05) is 6.54 Å². The molecule has 0 saturated carbocycles. The highest BCUT2D eigenvalue weighted by Gasteiger charge is 2.31. The van der Waals surface area contributed by atoms with Crippen molar-refractivity contribution in [3.63, 3.8) is 0 Å². The van der Waals surface area contributed by atoms with Crippen LogP contribution in [-0.2, 0) is 6.42 Å². The van der Waals surface area contributed by atoms with E-state index in [1.165, 1.54) is 12.1 Å². The zero-order valence-electron chi connectivity index (χ0n) is 11.4. The molecule has 0 spiro atoms. The lowest BCUT2D eigenvalue weighted by Crippen LogP contribution is -2.25. The monoisotopic (exact) mass is 310 g/mol. The van der Waals surface area contributed by atoms with Crippen molar-refractivity contribution in [1.82, 2.24) is 10.3 Å². The third-order valence-corrected chi connectivity index (χ3v) is 2.77. The molecule has 1 aromatic carbocycles. The van der Waals surface area contributed by atoms with Gasteiger partial charge in [0.2, 0.25) is 0 Å². The summed E-state index contributed by atoms with van der Waals surface area (Å²) in [6.45, 7) is 0.408. The average molecular weight is 310 g/mol. The number of halogens is 3. The van der Waals surface area contributed by atoms with E-state index in [1.807, 2.05) is 6.07 Å². The maximum Gasteiger partial charge on any atom is 0.573 e. The summed E-state index contributed by atoms with van der Waals surface area (Å²) in [5.74, 6) is -0.721. The lowest BCUT2D eigenvalue weighted by Gasteiger charge is -2.09. The predicted molar refractivity (Wildman–Crippen MR) is 73.4 cm³/mol. The van der Waals surface area contributed by atoms with Crippen LogP contribution in [0, 0.1) is 0 Å². The Morgan fingerprint density at radius 1 is 1.18 bits per heavy atom. The first kappa shape index (κ1) is 15.8. The molecule has 0 unspecified atom stereocenters. The van der Waals surface area contributed by atoms with Crippen LogP contribution >= 0.6 is 0 Å². The fourth-order valence-electron chi connectivity index (χ4n) is 1.78. The zero-order valence-corrected chi connectivity index (χ0v) is 11.4. The van der Waals surface area contributed by atoms with Crippen LogP contribution in [-0.4, -0.2) is 23.8 Å². The number of ether oxygens (including phenoxy) is 1. The molecule has 0 saturated heterocycles. The molecule has 22 heavy (non-hydrogen) atoms. The molecule has 2 rings (SSSR count). The number of nitrogens with zero attached hydrogens (tertiary/aromatic N) is 1. The van der Waals surface area contributed by atoms with Gasteiger partial charge in [-0.15, -0.1) is 13.2 Å². The standard InChI is InChI=1S/C15H13F3N2O2/c16-15(17,18)22-13-5-3-12(4-6-13)14(21)20-9-7-11-2-1-8-19-10-11/h1-6,8,10H,7,9H2,(H,20,21). The van der Waals surface area contributed by atoms with Gasteiger partial charge in [0, 0.05) is 24.5 Å². The first-order valence-corrected chi connectivity index (χ1v) is 6.47. The summed E-state index contributed by atoms with van der Waals surface area (Å²) in [5, 5.41) is 2.69. The van der Waals surface area contributed by atoms with Gasteiger partial charge in [0.15, 0.2) is 0 Å². The molecule has 1 amide bonds. The molecule has 0 radical (unpaired) electrons. The quantitative estimate of drug-likeness (QED) is 0.924. The Labute approximate surface area is 124 Å². The number of carbonyl (C=O) groups excluding carboxylic acids is 1. The van der Waals surface area contributed by atoms with Gasteiger partial charge in [0.05, 0.1) is 0 Å². The molecular weight excluding hydrogens is 297 g/mol. The SMILES string of the molecule is O=C(NCCc1cccnc1)c1ccc(OC(F)(F)F)cc1. The normalized spacial score (nSPS) is 11.0. The van der Waals surface area contributed by atoms with E-state index >= 15 is 0 Å². The Hall–Kier alpha value is -2.57. The number of hydrogen-bond acceptors (Lipinski definition) is 3. The molecule has 1 heterocycles. The molecule has 2 aromatic rings. The number of rotatable bonds is 5. The fraction of sp³-hybridized carbons (Fsp3) is 0.200. The van der Waals surface area contributed by atoms with Crippen LogP contribution < -0.4 is 10.1 Å². The number of nitrogens with one attached hydrogen (secondary N) is 1. The maximum absolute atomic E-state index is 12.0. The van der Waals surface area contributed by atoms with Gasteiger partial charge in [0.25, 0.3) is 5.91 Å². The van der Waals surface area contributed by atoms with Crippen molar-refractivity contribution in [2.45, 2.75) is 12.8 Å². The largest absolute Gasteiger partial charge is 0.573 e.